The van der Waals surface area contributed by atoms with Crippen molar-refractivity contribution in [1.29, 1.82) is 0 Å². The summed E-state index contributed by atoms with van der Waals surface area (Å²) in [5.74, 6) is 1.76. The van der Waals surface area contributed by atoms with Crippen LogP contribution in [0, 0.1) is 0 Å². The number of rotatable bonds is 7. The van der Waals surface area contributed by atoms with E-state index >= 15 is 0 Å². The van der Waals surface area contributed by atoms with Crippen LogP contribution < -0.4 is 0 Å². The lowest BCUT2D eigenvalue weighted by Gasteiger charge is -2.13. The average Bonchev–Trinajstić information content (AvgIpc) is 3.66. The van der Waals surface area contributed by atoms with Crippen molar-refractivity contribution >= 4 is 21.9 Å². The Morgan fingerprint density at radius 3 is 1.24 bits per heavy atom. The molecule has 258 valence electrons. The first-order valence-electron chi connectivity index (χ1n) is 18.4. The van der Waals surface area contributed by atoms with Gasteiger partial charge < -0.3 is 4.42 Å². The van der Waals surface area contributed by atoms with Crippen LogP contribution in [0.3, 0.4) is 0 Å². The van der Waals surface area contributed by atoms with E-state index in [2.05, 4.69) is 158 Å². The summed E-state index contributed by atoms with van der Waals surface area (Å²) in [6, 6.07) is 69.3. The Labute approximate surface area is 319 Å². The lowest BCUT2D eigenvalue weighted by Crippen LogP contribution is -2.01. The van der Waals surface area contributed by atoms with Crippen LogP contribution in [0.25, 0.3) is 101 Å². The third kappa shape index (κ3) is 6.26. The monoisotopic (exact) mass is 703 g/mol. The minimum atomic E-state index is 0.577. The number of benzene rings is 8. The fraction of sp³-hybridized carbons (Fsp3) is 0. The molecular weight excluding hydrogens is 671 g/mol. The van der Waals surface area contributed by atoms with E-state index in [1.54, 1.807) is 0 Å². The van der Waals surface area contributed by atoms with E-state index in [1.165, 1.54) is 0 Å². The van der Waals surface area contributed by atoms with E-state index in [1.807, 2.05) is 42.5 Å². The molecule has 0 saturated carbocycles. The molecule has 2 heterocycles. The minimum Gasteiger partial charge on any atom is -0.456 e. The molecule has 0 saturated heterocycles. The highest BCUT2D eigenvalue weighted by Gasteiger charge is 2.20. The molecule has 10 aromatic rings. The van der Waals surface area contributed by atoms with Crippen LogP contribution in [-0.4, -0.2) is 15.0 Å². The van der Waals surface area contributed by atoms with Crippen LogP contribution in [0.4, 0.5) is 0 Å². The number of furan rings is 1. The Balaban J connectivity index is 1.23. The lowest BCUT2D eigenvalue weighted by molar-refractivity contribution is 0.669. The molecule has 0 aliphatic heterocycles. The molecule has 8 aromatic carbocycles. The normalized spacial score (nSPS) is 11.3. The molecule has 10 rings (SSSR count). The van der Waals surface area contributed by atoms with Crippen LogP contribution in [0.1, 0.15) is 0 Å². The van der Waals surface area contributed by atoms with Crippen molar-refractivity contribution in [2.45, 2.75) is 0 Å². The smallest absolute Gasteiger partial charge is 0.164 e. The molecule has 0 radical (unpaired) electrons. The molecule has 0 bridgehead atoms. The van der Waals surface area contributed by atoms with Crippen LogP contribution in [0.5, 0.6) is 0 Å². The summed E-state index contributed by atoms with van der Waals surface area (Å²) in [5, 5.41) is 1.99. The third-order valence-electron chi connectivity index (χ3n) is 10.1. The van der Waals surface area contributed by atoms with Crippen LogP contribution in [-0.2, 0) is 0 Å². The predicted octanol–water partition coefficient (Wildman–Crippen LogP) is 13.4. The Bertz CT molecular complexity index is 2880. The fourth-order valence-corrected chi connectivity index (χ4v) is 7.38. The summed E-state index contributed by atoms with van der Waals surface area (Å²) in [5.41, 5.74) is 13.1. The van der Waals surface area contributed by atoms with Gasteiger partial charge in [0.05, 0.1) is 0 Å². The summed E-state index contributed by atoms with van der Waals surface area (Å²) in [6.45, 7) is 0. The first-order chi connectivity index (χ1) is 27.2. The van der Waals surface area contributed by atoms with Gasteiger partial charge in [-0.1, -0.05) is 164 Å². The molecule has 0 unspecified atom stereocenters. The summed E-state index contributed by atoms with van der Waals surface area (Å²) in [7, 11) is 0. The third-order valence-corrected chi connectivity index (χ3v) is 10.1. The van der Waals surface area contributed by atoms with Gasteiger partial charge in [0, 0.05) is 27.5 Å². The molecule has 0 N–H and O–H groups in total. The number of para-hydroxylation sites is 1. The van der Waals surface area contributed by atoms with E-state index < -0.39 is 0 Å². The van der Waals surface area contributed by atoms with E-state index in [4.69, 9.17) is 19.4 Å². The standard InChI is InChI=1S/C51H33N3O/c1-5-15-34(16-6-1)38-25-27-39(28-26-38)49-52-50(43-30-40(35-17-7-2-8-18-35)29-41(31-43)36-19-9-3-10-20-36)54-51(53-49)45-32-42(37-21-11-4-12-22-37)33-47-48(45)44-23-13-14-24-46(44)55-47/h1-33H. The molecule has 0 aliphatic rings. The Hall–Kier alpha value is -7.43. The first-order valence-corrected chi connectivity index (χ1v) is 18.4. The van der Waals surface area contributed by atoms with Crippen LogP contribution in [0.15, 0.2) is 205 Å². The average molecular weight is 704 g/mol. The highest BCUT2D eigenvalue weighted by Crippen LogP contribution is 2.40. The van der Waals surface area contributed by atoms with Gasteiger partial charge in [-0.25, -0.2) is 15.0 Å². The minimum absolute atomic E-state index is 0.577. The van der Waals surface area contributed by atoms with Gasteiger partial charge in [-0.3, -0.25) is 0 Å². The molecule has 55 heavy (non-hydrogen) atoms. The second-order valence-corrected chi connectivity index (χ2v) is 13.6. The Morgan fingerprint density at radius 2 is 0.673 bits per heavy atom. The van der Waals surface area contributed by atoms with E-state index in [0.29, 0.717) is 17.5 Å². The van der Waals surface area contributed by atoms with Crippen molar-refractivity contribution in [2.24, 2.45) is 0 Å². The molecule has 4 nitrogen and oxygen atoms in total. The van der Waals surface area contributed by atoms with E-state index in [-0.39, 0.29) is 0 Å². The highest BCUT2D eigenvalue weighted by molar-refractivity contribution is 6.13. The molecule has 0 atom stereocenters. The van der Waals surface area contributed by atoms with Crippen molar-refractivity contribution in [3.63, 3.8) is 0 Å². The van der Waals surface area contributed by atoms with Gasteiger partial charge in [0.25, 0.3) is 0 Å². The highest BCUT2D eigenvalue weighted by atomic mass is 16.3. The maximum atomic E-state index is 6.52. The van der Waals surface area contributed by atoms with Crippen molar-refractivity contribution in [3.8, 4) is 78.7 Å². The Morgan fingerprint density at radius 1 is 0.273 bits per heavy atom. The maximum absolute atomic E-state index is 6.52. The summed E-state index contributed by atoms with van der Waals surface area (Å²) >= 11 is 0. The topological polar surface area (TPSA) is 51.8 Å². The number of aromatic nitrogens is 3. The summed E-state index contributed by atoms with van der Waals surface area (Å²) in [6.07, 6.45) is 0. The molecule has 4 heteroatoms. The van der Waals surface area contributed by atoms with Crippen LogP contribution >= 0.6 is 0 Å². The van der Waals surface area contributed by atoms with Crippen molar-refractivity contribution in [3.05, 3.63) is 200 Å². The number of fused-ring (bicyclic) bond motifs is 3. The number of hydrogen-bond acceptors (Lipinski definition) is 4. The van der Waals surface area contributed by atoms with E-state index in [9.17, 15) is 0 Å². The largest absolute Gasteiger partial charge is 0.456 e. The van der Waals surface area contributed by atoms with Crippen molar-refractivity contribution < 1.29 is 4.42 Å². The SMILES string of the molecule is c1ccc(-c2ccc(-c3nc(-c4cc(-c5ccccc5)cc(-c5ccccc5)c4)nc(-c4cc(-c5ccccc5)cc5oc6ccccc6c45)n3)cc2)cc1. The zero-order valence-electron chi connectivity index (χ0n) is 29.8. The number of hydrogen-bond donors (Lipinski definition) is 0. The van der Waals surface area contributed by atoms with Gasteiger partial charge in [0.1, 0.15) is 11.2 Å². The quantitative estimate of drug-likeness (QED) is 0.166. The second-order valence-electron chi connectivity index (χ2n) is 13.6. The summed E-state index contributed by atoms with van der Waals surface area (Å²) in [4.78, 5) is 15.8. The molecular formula is C51H33N3O. The predicted molar refractivity (Wildman–Crippen MR) is 225 cm³/mol. The molecule has 2 aromatic heterocycles. The van der Waals surface area contributed by atoms with E-state index in [0.717, 1.165) is 83.1 Å². The van der Waals surface area contributed by atoms with Crippen molar-refractivity contribution in [2.75, 3.05) is 0 Å². The van der Waals surface area contributed by atoms with Crippen molar-refractivity contribution in [1.82, 2.24) is 15.0 Å². The Kier molecular flexibility index (Phi) is 8.12. The lowest BCUT2D eigenvalue weighted by atomic mass is 9.95. The second kappa shape index (κ2) is 13.8. The molecule has 0 spiro atoms. The zero-order valence-corrected chi connectivity index (χ0v) is 29.8. The van der Waals surface area contributed by atoms with Gasteiger partial charge >= 0.3 is 0 Å². The van der Waals surface area contributed by atoms with Gasteiger partial charge in [-0.2, -0.15) is 0 Å². The van der Waals surface area contributed by atoms with Gasteiger partial charge in [0.2, 0.25) is 0 Å². The van der Waals surface area contributed by atoms with Gasteiger partial charge in [-0.05, 0) is 80.9 Å². The first kappa shape index (κ1) is 32.2. The van der Waals surface area contributed by atoms with Gasteiger partial charge in [0.15, 0.2) is 17.5 Å². The molecule has 0 fully saturated rings. The molecule has 0 aliphatic carbocycles. The number of nitrogens with zero attached hydrogens (tertiary/aromatic N) is 3. The summed E-state index contributed by atoms with van der Waals surface area (Å²) < 4.78 is 6.52. The van der Waals surface area contributed by atoms with Gasteiger partial charge in [-0.15, -0.1) is 0 Å². The van der Waals surface area contributed by atoms with Crippen LogP contribution in [0.2, 0.25) is 0 Å². The molecule has 0 amide bonds. The zero-order chi connectivity index (χ0) is 36.6. The maximum Gasteiger partial charge on any atom is 0.164 e. The fourth-order valence-electron chi connectivity index (χ4n) is 7.38.